The molecule has 3 aromatic rings. The number of anilines is 1. The molecule has 6 nitrogen and oxygen atoms in total. The van der Waals surface area contributed by atoms with Gasteiger partial charge in [-0.2, -0.15) is 10.1 Å². The number of allylic oxidation sites excluding steroid dienone is 1. The van der Waals surface area contributed by atoms with Gasteiger partial charge in [-0.05, 0) is 48.0 Å². The average molecular weight is 294 g/mol. The second-order valence-corrected chi connectivity index (χ2v) is 4.92. The number of nitrogens with zero attached hydrogens (tertiary/aromatic N) is 3. The molecule has 0 fully saturated rings. The van der Waals surface area contributed by atoms with Gasteiger partial charge >= 0.3 is 0 Å². The SMILES string of the molecule is COc1ccc(C2=C[C@@H](c3ccco3)n3ncnc3N2)cc1. The van der Waals surface area contributed by atoms with Crippen LogP contribution in [0, 0.1) is 0 Å². The zero-order valence-electron chi connectivity index (χ0n) is 11.9. The van der Waals surface area contributed by atoms with Crippen molar-refractivity contribution in [3.8, 4) is 5.75 Å². The van der Waals surface area contributed by atoms with Gasteiger partial charge in [-0.1, -0.05) is 0 Å². The minimum atomic E-state index is -0.120. The highest BCUT2D eigenvalue weighted by molar-refractivity contribution is 5.77. The highest BCUT2D eigenvalue weighted by Gasteiger charge is 2.25. The smallest absolute Gasteiger partial charge is 0.226 e. The van der Waals surface area contributed by atoms with E-state index in [2.05, 4.69) is 21.5 Å². The first-order valence-corrected chi connectivity index (χ1v) is 6.91. The Balaban J connectivity index is 1.76. The summed E-state index contributed by atoms with van der Waals surface area (Å²) in [5, 5.41) is 7.56. The molecule has 22 heavy (non-hydrogen) atoms. The molecular formula is C16H14N4O2. The van der Waals surface area contributed by atoms with Crippen LogP contribution in [0.2, 0.25) is 0 Å². The molecule has 0 amide bonds. The zero-order chi connectivity index (χ0) is 14.9. The molecule has 1 aromatic carbocycles. The standard InChI is InChI=1S/C16H14N4O2/c1-21-12-6-4-11(5-7-12)13-9-14(15-3-2-8-22-15)20-16(19-13)17-10-18-20/h2-10,14H,1H3,(H,17,18,19)/t14-/m0/s1. The first-order chi connectivity index (χ1) is 10.8. The van der Waals surface area contributed by atoms with Gasteiger partial charge in [0, 0.05) is 5.70 Å². The van der Waals surface area contributed by atoms with Crippen molar-refractivity contribution in [3.05, 3.63) is 66.4 Å². The fourth-order valence-corrected chi connectivity index (χ4v) is 2.53. The maximum absolute atomic E-state index is 5.54. The third kappa shape index (κ3) is 2.05. The molecule has 0 aliphatic carbocycles. The van der Waals surface area contributed by atoms with Crippen LogP contribution >= 0.6 is 0 Å². The van der Waals surface area contributed by atoms with Gasteiger partial charge in [0.15, 0.2) is 0 Å². The Kier molecular flexibility index (Phi) is 2.93. The lowest BCUT2D eigenvalue weighted by molar-refractivity contribution is 0.415. The molecule has 6 heteroatoms. The van der Waals surface area contributed by atoms with Crippen molar-refractivity contribution >= 4 is 11.6 Å². The van der Waals surface area contributed by atoms with Gasteiger partial charge in [-0.25, -0.2) is 4.68 Å². The fraction of sp³-hybridized carbons (Fsp3) is 0.125. The maximum Gasteiger partial charge on any atom is 0.226 e. The third-order valence-electron chi connectivity index (χ3n) is 3.64. The largest absolute Gasteiger partial charge is 0.497 e. The predicted molar refractivity (Wildman–Crippen MR) is 81.5 cm³/mol. The van der Waals surface area contributed by atoms with Crippen LogP contribution in [0.15, 0.2) is 59.5 Å². The highest BCUT2D eigenvalue weighted by Crippen LogP contribution is 2.32. The first kappa shape index (κ1) is 12.7. The molecule has 0 saturated heterocycles. The van der Waals surface area contributed by atoms with Crippen molar-refractivity contribution < 1.29 is 9.15 Å². The monoisotopic (exact) mass is 294 g/mol. The number of furan rings is 1. The quantitative estimate of drug-likeness (QED) is 0.804. The van der Waals surface area contributed by atoms with Crippen LogP contribution in [0.1, 0.15) is 17.4 Å². The molecular weight excluding hydrogens is 280 g/mol. The molecule has 1 N–H and O–H groups in total. The van der Waals surface area contributed by atoms with Crippen molar-refractivity contribution in [2.45, 2.75) is 6.04 Å². The summed E-state index contributed by atoms with van der Waals surface area (Å²) in [6.07, 6.45) is 5.26. The Morgan fingerprint density at radius 1 is 1.23 bits per heavy atom. The van der Waals surface area contributed by atoms with Gasteiger partial charge in [0.25, 0.3) is 0 Å². The average Bonchev–Trinajstić information content (AvgIpc) is 3.25. The minimum Gasteiger partial charge on any atom is -0.497 e. The molecule has 1 atom stereocenters. The number of nitrogens with one attached hydrogen (secondary N) is 1. The molecule has 1 aliphatic heterocycles. The normalized spacial score (nSPS) is 16.6. The number of fused-ring (bicyclic) bond motifs is 1. The summed E-state index contributed by atoms with van der Waals surface area (Å²) >= 11 is 0. The van der Waals surface area contributed by atoms with Crippen molar-refractivity contribution in [3.63, 3.8) is 0 Å². The molecule has 0 spiro atoms. The molecule has 0 radical (unpaired) electrons. The van der Waals surface area contributed by atoms with E-state index in [4.69, 9.17) is 9.15 Å². The maximum atomic E-state index is 5.54. The van der Waals surface area contributed by atoms with Gasteiger partial charge in [0.2, 0.25) is 5.95 Å². The summed E-state index contributed by atoms with van der Waals surface area (Å²) in [6, 6.07) is 11.5. The molecule has 0 unspecified atom stereocenters. The first-order valence-electron chi connectivity index (χ1n) is 6.91. The second-order valence-electron chi connectivity index (χ2n) is 4.92. The number of hydrogen-bond donors (Lipinski definition) is 1. The topological polar surface area (TPSA) is 65.1 Å². The van der Waals surface area contributed by atoms with E-state index in [1.807, 2.05) is 36.4 Å². The molecule has 3 heterocycles. The second kappa shape index (κ2) is 5.07. The van der Waals surface area contributed by atoms with E-state index >= 15 is 0 Å². The summed E-state index contributed by atoms with van der Waals surface area (Å²) in [7, 11) is 1.66. The van der Waals surface area contributed by atoms with Crippen LogP contribution in [0.5, 0.6) is 5.75 Å². The Hall–Kier alpha value is -3.02. The van der Waals surface area contributed by atoms with E-state index in [0.29, 0.717) is 5.95 Å². The lowest BCUT2D eigenvalue weighted by atomic mass is 10.1. The van der Waals surface area contributed by atoms with Crippen molar-refractivity contribution in [1.82, 2.24) is 14.8 Å². The summed E-state index contributed by atoms with van der Waals surface area (Å²) in [5.41, 5.74) is 2.01. The van der Waals surface area contributed by atoms with E-state index in [0.717, 1.165) is 22.8 Å². The molecule has 0 bridgehead atoms. The Morgan fingerprint density at radius 3 is 2.82 bits per heavy atom. The summed E-state index contributed by atoms with van der Waals surface area (Å²) in [6.45, 7) is 0. The number of methoxy groups -OCH3 is 1. The summed E-state index contributed by atoms with van der Waals surface area (Å²) in [4.78, 5) is 4.26. The number of aromatic nitrogens is 3. The Labute approximate surface area is 127 Å². The van der Waals surface area contributed by atoms with Crippen molar-refractivity contribution in [2.24, 2.45) is 0 Å². The number of ether oxygens (including phenoxy) is 1. The summed E-state index contributed by atoms with van der Waals surface area (Å²) in [5.74, 6) is 2.33. The minimum absolute atomic E-state index is 0.120. The van der Waals surface area contributed by atoms with E-state index in [9.17, 15) is 0 Å². The lowest BCUT2D eigenvalue weighted by Crippen LogP contribution is -2.19. The zero-order valence-corrected chi connectivity index (χ0v) is 11.9. The molecule has 2 aromatic heterocycles. The van der Waals surface area contributed by atoms with Crippen LogP contribution in [0.25, 0.3) is 5.70 Å². The van der Waals surface area contributed by atoms with Crippen LogP contribution < -0.4 is 10.1 Å². The van der Waals surface area contributed by atoms with Crippen LogP contribution in [-0.4, -0.2) is 21.9 Å². The Bertz CT molecular complexity index is 803. The molecule has 4 rings (SSSR count). The molecule has 110 valence electrons. The van der Waals surface area contributed by atoms with Crippen LogP contribution in [-0.2, 0) is 0 Å². The van der Waals surface area contributed by atoms with Crippen molar-refractivity contribution in [1.29, 1.82) is 0 Å². The fourth-order valence-electron chi connectivity index (χ4n) is 2.53. The van der Waals surface area contributed by atoms with Gasteiger partial charge < -0.3 is 14.5 Å². The third-order valence-corrected chi connectivity index (χ3v) is 3.64. The van der Waals surface area contributed by atoms with Gasteiger partial charge in [-0.15, -0.1) is 0 Å². The Morgan fingerprint density at radius 2 is 2.09 bits per heavy atom. The van der Waals surface area contributed by atoms with E-state index in [1.165, 1.54) is 6.33 Å². The van der Waals surface area contributed by atoms with E-state index in [-0.39, 0.29) is 6.04 Å². The van der Waals surface area contributed by atoms with Gasteiger partial charge in [0.1, 0.15) is 23.9 Å². The van der Waals surface area contributed by atoms with E-state index in [1.54, 1.807) is 18.1 Å². The molecule has 1 aliphatic rings. The lowest BCUT2D eigenvalue weighted by Gasteiger charge is -2.22. The number of rotatable bonds is 3. The number of benzene rings is 1. The highest BCUT2D eigenvalue weighted by atomic mass is 16.5. The van der Waals surface area contributed by atoms with Gasteiger partial charge in [-0.3, -0.25) is 0 Å². The van der Waals surface area contributed by atoms with Gasteiger partial charge in [0.05, 0.1) is 13.4 Å². The number of hydrogen-bond acceptors (Lipinski definition) is 5. The van der Waals surface area contributed by atoms with Crippen molar-refractivity contribution in [2.75, 3.05) is 12.4 Å². The van der Waals surface area contributed by atoms with Crippen LogP contribution in [0.4, 0.5) is 5.95 Å². The van der Waals surface area contributed by atoms with Crippen LogP contribution in [0.3, 0.4) is 0 Å². The van der Waals surface area contributed by atoms with E-state index < -0.39 is 0 Å². The molecule has 0 saturated carbocycles. The summed E-state index contributed by atoms with van der Waals surface area (Å²) < 4.78 is 12.5. The predicted octanol–water partition coefficient (Wildman–Crippen LogP) is 2.94.